The summed E-state index contributed by atoms with van der Waals surface area (Å²) in [6.07, 6.45) is 9.30. The minimum atomic E-state index is -0.165. The van der Waals surface area contributed by atoms with E-state index < -0.39 is 0 Å². The maximum atomic E-state index is 11.8. The highest BCUT2D eigenvalue weighted by Gasteiger charge is 2.29. The highest BCUT2D eigenvalue weighted by Crippen LogP contribution is 2.50. The molecule has 9 heteroatoms. The Bertz CT molecular complexity index is 1720. The molecule has 8 nitrogen and oxygen atoms in total. The van der Waals surface area contributed by atoms with Crippen molar-refractivity contribution in [1.29, 1.82) is 0 Å². The molecule has 2 aliphatic rings. The minimum absolute atomic E-state index is 0.107. The molecule has 2 N–H and O–H groups in total. The fraction of sp³-hybridized carbons (Fsp3) is 0.161. The Kier molecular flexibility index (Phi) is 6.51. The van der Waals surface area contributed by atoms with Crippen LogP contribution >= 0.6 is 11.8 Å². The Labute approximate surface area is 235 Å². The lowest BCUT2D eigenvalue weighted by molar-refractivity contribution is 0.0383. The number of hydrogen-bond donors (Lipinski definition) is 2. The molecule has 1 saturated heterocycles. The number of benzene rings is 2. The quantitative estimate of drug-likeness (QED) is 0.263. The van der Waals surface area contributed by atoms with Gasteiger partial charge in [0.25, 0.3) is 0 Å². The molecule has 2 aromatic carbocycles. The van der Waals surface area contributed by atoms with E-state index in [9.17, 15) is 4.79 Å². The summed E-state index contributed by atoms with van der Waals surface area (Å²) < 4.78 is 14.7. The van der Waals surface area contributed by atoms with Crippen LogP contribution in [0.25, 0.3) is 5.69 Å². The molecule has 1 unspecified atom stereocenters. The van der Waals surface area contributed by atoms with Crippen LogP contribution in [0, 0.1) is 0 Å². The molecule has 200 valence electrons. The van der Waals surface area contributed by atoms with Crippen molar-refractivity contribution in [3.8, 4) is 17.2 Å². The molecular weight excluding hydrogens is 522 g/mol. The smallest absolute Gasteiger partial charge is 0.249 e. The average Bonchev–Trinajstić information content (AvgIpc) is 3.54. The summed E-state index contributed by atoms with van der Waals surface area (Å²) >= 11 is 1.70. The summed E-state index contributed by atoms with van der Waals surface area (Å²) in [5.41, 5.74) is 4.96. The van der Waals surface area contributed by atoms with Crippen LogP contribution in [0.1, 0.15) is 17.2 Å². The zero-order chi connectivity index (χ0) is 26.9. The molecule has 0 bridgehead atoms. The molecule has 1 atom stereocenters. The lowest BCUT2D eigenvalue weighted by Gasteiger charge is -2.35. The highest BCUT2D eigenvalue weighted by atomic mass is 32.2. The van der Waals surface area contributed by atoms with E-state index in [0.29, 0.717) is 19.7 Å². The van der Waals surface area contributed by atoms with E-state index in [0.717, 1.165) is 56.0 Å². The number of fused-ring (bicyclic) bond motifs is 2. The number of pyridine rings is 2. The maximum Gasteiger partial charge on any atom is 0.249 e. The number of nitrogens with zero attached hydrogens (tertiary/aromatic N) is 3. The number of anilines is 2. The van der Waals surface area contributed by atoms with Crippen molar-refractivity contribution in [2.75, 3.05) is 29.9 Å². The minimum Gasteiger partial charge on any atom is -0.455 e. The second-order valence-electron chi connectivity index (χ2n) is 9.75. The van der Waals surface area contributed by atoms with Crippen LogP contribution in [0.5, 0.6) is 11.5 Å². The van der Waals surface area contributed by atoms with E-state index in [1.165, 1.54) is 0 Å². The van der Waals surface area contributed by atoms with Crippen molar-refractivity contribution in [2.24, 2.45) is 0 Å². The van der Waals surface area contributed by atoms with Crippen molar-refractivity contribution >= 4 is 23.1 Å². The van der Waals surface area contributed by atoms with Crippen molar-refractivity contribution in [3.05, 3.63) is 119 Å². The van der Waals surface area contributed by atoms with Gasteiger partial charge in [-0.15, -0.1) is 0 Å². The maximum absolute atomic E-state index is 11.8. The lowest BCUT2D eigenvalue weighted by Crippen LogP contribution is -2.39. The predicted molar refractivity (Wildman–Crippen MR) is 156 cm³/mol. The van der Waals surface area contributed by atoms with Gasteiger partial charge in [0.05, 0.1) is 28.3 Å². The number of morpholine rings is 1. The van der Waals surface area contributed by atoms with Gasteiger partial charge in [0.15, 0.2) is 0 Å². The van der Waals surface area contributed by atoms with E-state index in [2.05, 4.69) is 50.5 Å². The molecule has 0 amide bonds. The van der Waals surface area contributed by atoms with Crippen molar-refractivity contribution in [1.82, 2.24) is 14.5 Å². The molecule has 40 heavy (non-hydrogen) atoms. The molecule has 1 fully saturated rings. The van der Waals surface area contributed by atoms with E-state index >= 15 is 0 Å². The molecule has 0 saturated carbocycles. The second-order valence-corrected chi connectivity index (χ2v) is 10.8. The number of aromatic amines is 1. The first kappa shape index (κ1) is 24.6. The van der Waals surface area contributed by atoms with Crippen molar-refractivity contribution in [3.63, 3.8) is 0 Å². The van der Waals surface area contributed by atoms with Crippen LogP contribution in [0.4, 0.5) is 11.4 Å². The van der Waals surface area contributed by atoms with Crippen LogP contribution in [0.3, 0.4) is 0 Å². The number of para-hydroxylation sites is 1. The first-order valence-electron chi connectivity index (χ1n) is 13.2. The molecule has 5 aromatic rings. The van der Waals surface area contributed by atoms with Crippen LogP contribution < -0.4 is 20.5 Å². The van der Waals surface area contributed by atoms with Crippen molar-refractivity contribution in [2.45, 2.75) is 22.4 Å². The van der Waals surface area contributed by atoms with Gasteiger partial charge in [-0.3, -0.25) is 9.78 Å². The summed E-state index contributed by atoms with van der Waals surface area (Å²) in [6, 6.07) is 22.1. The lowest BCUT2D eigenvalue weighted by atomic mass is 10.1. The van der Waals surface area contributed by atoms with Gasteiger partial charge < -0.3 is 29.2 Å². The van der Waals surface area contributed by atoms with Gasteiger partial charge in [0.1, 0.15) is 17.6 Å². The van der Waals surface area contributed by atoms with Crippen LogP contribution in [-0.2, 0) is 11.3 Å². The summed E-state index contributed by atoms with van der Waals surface area (Å²) in [5, 5.41) is 3.53. The van der Waals surface area contributed by atoms with Gasteiger partial charge in [-0.25, -0.2) is 0 Å². The van der Waals surface area contributed by atoms with Gasteiger partial charge in [0.2, 0.25) is 5.56 Å². The molecule has 3 aromatic heterocycles. The Morgan fingerprint density at radius 3 is 2.83 bits per heavy atom. The van der Waals surface area contributed by atoms with Gasteiger partial charge in [-0.2, -0.15) is 0 Å². The largest absolute Gasteiger partial charge is 0.455 e. The zero-order valence-corrected chi connectivity index (χ0v) is 22.4. The Balaban J connectivity index is 1.07. The Morgan fingerprint density at radius 2 is 1.93 bits per heavy atom. The molecule has 0 spiro atoms. The van der Waals surface area contributed by atoms with E-state index in [1.54, 1.807) is 24.0 Å². The Morgan fingerprint density at radius 1 is 1.00 bits per heavy atom. The van der Waals surface area contributed by atoms with E-state index in [1.807, 2.05) is 59.7 Å². The van der Waals surface area contributed by atoms with E-state index in [4.69, 9.17) is 9.47 Å². The molecule has 7 rings (SSSR count). The first-order chi connectivity index (χ1) is 19.7. The number of rotatable bonds is 6. The second kappa shape index (κ2) is 10.6. The number of H-pyrrole nitrogens is 1. The topological polar surface area (TPSA) is 84.4 Å². The highest BCUT2D eigenvalue weighted by molar-refractivity contribution is 7.99. The fourth-order valence-corrected chi connectivity index (χ4v) is 6.14. The van der Waals surface area contributed by atoms with Gasteiger partial charge in [-0.05, 0) is 54.1 Å². The molecular formula is C31H27N5O3S. The summed E-state index contributed by atoms with van der Waals surface area (Å²) in [7, 11) is 0. The third-order valence-corrected chi connectivity index (χ3v) is 8.18. The summed E-state index contributed by atoms with van der Waals surface area (Å²) in [4.78, 5) is 23.2. The summed E-state index contributed by atoms with van der Waals surface area (Å²) in [5.74, 6) is 1.67. The first-order valence-corrected chi connectivity index (χ1v) is 14.0. The standard InChI is InChI=1S/C31H27N5O3S/c37-30-16-23(8-9-33-30)36-12-13-38-27(20-36)25-4-3-5-28-31(25)39-26-7-6-22(15-29(26)40-28)34-18-21-14-24(19-32-17-21)35-10-1-2-11-35/h1-11,14-17,19,27,34H,12-13,18,20H2,(H,33,37). The third kappa shape index (κ3) is 4.97. The Hall–Kier alpha value is -4.47. The number of ether oxygens (including phenoxy) is 2. The van der Waals surface area contributed by atoms with Gasteiger partial charge in [-0.1, -0.05) is 23.9 Å². The van der Waals surface area contributed by atoms with Gasteiger partial charge in [0, 0.05) is 67.4 Å². The fourth-order valence-electron chi connectivity index (χ4n) is 5.11. The SMILES string of the molecule is O=c1cc(N2CCOC(c3cccc4c3Oc3ccc(NCc5cncc(-n6cccc6)c5)cc3S4)C2)cc[nH]1. The van der Waals surface area contributed by atoms with Crippen LogP contribution in [0.2, 0.25) is 0 Å². The number of nitrogens with one attached hydrogen (secondary N) is 2. The number of aromatic nitrogens is 3. The van der Waals surface area contributed by atoms with Crippen molar-refractivity contribution < 1.29 is 9.47 Å². The molecule has 5 heterocycles. The predicted octanol–water partition coefficient (Wildman–Crippen LogP) is 6.01. The number of hydrogen-bond acceptors (Lipinski definition) is 7. The zero-order valence-electron chi connectivity index (χ0n) is 21.6. The van der Waals surface area contributed by atoms with E-state index in [-0.39, 0.29) is 11.7 Å². The monoisotopic (exact) mass is 549 g/mol. The van der Waals surface area contributed by atoms with Crippen LogP contribution in [0.15, 0.2) is 112 Å². The molecule has 0 radical (unpaired) electrons. The third-order valence-electron chi connectivity index (χ3n) is 7.10. The molecule has 0 aliphatic carbocycles. The van der Waals surface area contributed by atoms with Gasteiger partial charge >= 0.3 is 0 Å². The van der Waals surface area contributed by atoms with Crippen LogP contribution in [-0.4, -0.2) is 34.2 Å². The normalized spacial score (nSPS) is 16.1. The average molecular weight is 550 g/mol. The molecule has 2 aliphatic heterocycles. The summed E-state index contributed by atoms with van der Waals surface area (Å²) in [6.45, 7) is 2.61.